The fourth-order valence-corrected chi connectivity index (χ4v) is 3.46. The van der Waals surface area contributed by atoms with E-state index in [1.807, 2.05) is 24.3 Å². The number of aromatic nitrogens is 5. The number of hydrogen-bond acceptors (Lipinski definition) is 7. The molecule has 0 unspecified atom stereocenters. The quantitative estimate of drug-likeness (QED) is 0.454. The Balaban J connectivity index is 1.79. The number of benzene rings is 1. The van der Waals surface area contributed by atoms with E-state index in [2.05, 4.69) is 34.0 Å². The highest BCUT2D eigenvalue weighted by Gasteiger charge is 2.18. The van der Waals surface area contributed by atoms with Gasteiger partial charge in [-0.25, -0.2) is 9.31 Å². The van der Waals surface area contributed by atoms with E-state index in [0.717, 1.165) is 24.5 Å². The van der Waals surface area contributed by atoms with Crippen molar-refractivity contribution < 1.29 is 9.53 Å². The highest BCUT2D eigenvalue weighted by atomic mass is 16.5. The maximum atomic E-state index is 13.1. The normalized spacial score (nSPS) is 11.2. The molecule has 30 heavy (non-hydrogen) atoms. The summed E-state index contributed by atoms with van der Waals surface area (Å²) in [4.78, 5) is 27.4. The lowest BCUT2D eigenvalue weighted by Crippen LogP contribution is -2.22. The molecule has 0 spiro atoms. The molecule has 0 amide bonds. The molecule has 0 aliphatic carbocycles. The van der Waals surface area contributed by atoms with Gasteiger partial charge in [0.05, 0.1) is 12.8 Å². The van der Waals surface area contributed by atoms with Crippen LogP contribution in [0.4, 0.5) is 5.69 Å². The predicted molar refractivity (Wildman–Crippen MR) is 113 cm³/mol. The first-order chi connectivity index (χ1) is 14.6. The van der Waals surface area contributed by atoms with Crippen LogP contribution in [0.3, 0.4) is 0 Å². The molecule has 0 saturated heterocycles. The van der Waals surface area contributed by atoms with Crippen molar-refractivity contribution in [1.82, 2.24) is 24.4 Å². The minimum atomic E-state index is -0.525. The maximum Gasteiger partial charge on any atom is 0.343 e. The first-order valence-corrected chi connectivity index (χ1v) is 9.87. The Morgan fingerprint density at radius 1 is 1.07 bits per heavy atom. The van der Waals surface area contributed by atoms with Gasteiger partial charge in [-0.3, -0.25) is 9.36 Å². The third-order valence-corrected chi connectivity index (χ3v) is 5.01. The molecule has 0 N–H and O–H groups in total. The van der Waals surface area contributed by atoms with Crippen LogP contribution >= 0.6 is 0 Å². The van der Waals surface area contributed by atoms with Gasteiger partial charge in [-0.1, -0.05) is 0 Å². The van der Waals surface area contributed by atoms with Gasteiger partial charge in [0.2, 0.25) is 0 Å². The van der Waals surface area contributed by atoms with Gasteiger partial charge in [0, 0.05) is 30.7 Å². The molecule has 0 atom stereocenters. The van der Waals surface area contributed by atoms with E-state index in [1.165, 1.54) is 15.3 Å². The summed E-state index contributed by atoms with van der Waals surface area (Å²) in [5, 5.41) is 12.3. The Labute approximate surface area is 172 Å². The molecule has 9 nitrogen and oxygen atoms in total. The molecule has 154 valence electrons. The maximum absolute atomic E-state index is 13.1. The molecule has 0 fully saturated rings. The summed E-state index contributed by atoms with van der Waals surface area (Å²) in [6, 6.07) is 9.53. The van der Waals surface area contributed by atoms with Crippen molar-refractivity contribution in [3.05, 3.63) is 58.6 Å². The van der Waals surface area contributed by atoms with E-state index in [0.29, 0.717) is 5.52 Å². The number of nitrogens with zero attached hydrogens (tertiary/aromatic N) is 6. The number of esters is 1. The number of carbonyl (C=O) groups is 1. The summed E-state index contributed by atoms with van der Waals surface area (Å²) in [6.45, 7) is 8.00. The smallest absolute Gasteiger partial charge is 0.343 e. The zero-order valence-electron chi connectivity index (χ0n) is 17.1. The van der Waals surface area contributed by atoms with E-state index in [1.54, 1.807) is 19.2 Å². The fourth-order valence-electron chi connectivity index (χ4n) is 3.46. The summed E-state index contributed by atoms with van der Waals surface area (Å²) in [5.41, 5.74) is 2.61. The van der Waals surface area contributed by atoms with Gasteiger partial charge in [-0.2, -0.15) is 5.10 Å². The standard InChI is InChI=1S/C21H22N6O3/c1-4-25(5-2)14-7-9-15(10-8-14)26-12-11-17-18(20(26)28)23-24-19-16(13-22-27(17)19)21(29)30-6-3/h7-13H,4-6H2,1-3H3. The van der Waals surface area contributed by atoms with Crippen LogP contribution in [0.1, 0.15) is 31.1 Å². The van der Waals surface area contributed by atoms with E-state index in [4.69, 9.17) is 4.74 Å². The molecule has 0 aliphatic heterocycles. The number of fused-ring (bicyclic) bond motifs is 3. The zero-order chi connectivity index (χ0) is 21.3. The van der Waals surface area contributed by atoms with Crippen LogP contribution in [0.2, 0.25) is 0 Å². The lowest BCUT2D eigenvalue weighted by molar-refractivity contribution is 0.0528. The SMILES string of the molecule is CCOC(=O)c1cnn2c1nnc1c(=O)n(-c3ccc(N(CC)CC)cc3)ccc12. The highest BCUT2D eigenvalue weighted by molar-refractivity contribution is 5.96. The van der Waals surface area contributed by atoms with Gasteiger partial charge in [0.25, 0.3) is 5.56 Å². The van der Waals surface area contributed by atoms with Gasteiger partial charge in [0.15, 0.2) is 11.2 Å². The fraction of sp³-hybridized carbons (Fsp3) is 0.286. The minimum absolute atomic E-state index is 0.163. The molecular formula is C21H22N6O3. The monoisotopic (exact) mass is 406 g/mol. The molecule has 3 heterocycles. The van der Waals surface area contributed by atoms with Gasteiger partial charge >= 0.3 is 5.97 Å². The summed E-state index contributed by atoms with van der Waals surface area (Å²) in [7, 11) is 0. The average Bonchev–Trinajstić information content (AvgIpc) is 3.20. The van der Waals surface area contributed by atoms with Gasteiger partial charge < -0.3 is 9.64 Å². The molecule has 1 aromatic carbocycles. The average molecular weight is 406 g/mol. The Kier molecular flexibility index (Phi) is 5.18. The predicted octanol–water partition coefficient (Wildman–Crippen LogP) is 2.45. The van der Waals surface area contributed by atoms with Gasteiger partial charge in [-0.15, -0.1) is 10.2 Å². The van der Waals surface area contributed by atoms with Crippen molar-refractivity contribution >= 4 is 28.3 Å². The summed E-state index contributed by atoms with van der Waals surface area (Å²) >= 11 is 0. The summed E-state index contributed by atoms with van der Waals surface area (Å²) in [6.07, 6.45) is 3.04. The minimum Gasteiger partial charge on any atom is -0.462 e. The number of carbonyl (C=O) groups excluding carboxylic acids is 1. The number of rotatable bonds is 6. The Morgan fingerprint density at radius 3 is 2.47 bits per heavy atom. The third-order valence-electron chi connectivity index (χ3n) is 5.01. The molecular weight excluding hydrogens is 384 g/mol. The lowest BCUT2D eigenvalue weighted by Gasteiger charge is -2.21. The second-order valence-corrected chi connectivity index (χ2v) is 6.63. The highest BCUT2D eigenvalue weighted by Crippen LogP contribution is 2.18. The Bertz CT molecular complexity index is 1270. The molecule has 0 radical (unpaired) electrons. The van der Waals surface area contributed by atoms with Crippen LogP contribution in [-0.4, -0.2) is 50.0 Å². The van der Waals surface area contributed by atoms with Gasteiger partial charge in [0.1, 0.15) is 11.1 Å². The first kappa shape index (κ1) is 19.6. The molecule has 4 rings (SSSR count). The van der Waals surface area contributed by atoms with Crippen LogP contribution < -0.4 is 10.5 Å². The van der Waals surface area contributed by atoms with Crippen molar-refractivity contribution in [2.45, 2.75) is 20.8 Å². The zero-order valence-corrected chi connectivity index (χ0v) is 17.1. The summed E-state index contributed by atoms with van der Waals surface area (Å²) in [5.74, 6) is -0.525. The van der Waals surface area contributed by atoms with E-state index in [9.17, 15) is 9.59 Å². The molecule has 0 saturated carbocycles. The van der Waals surface area contributed by atoms with Crippen molar-refractivity contribution in [1.29, 1.82) is 0 Å². The number of pyridine rings is 1. The van der Waals surface area contributed by atoms with E-state index < -0.39 is 5.97 Å². The van der Waals surface area contributed by atoms with Crippen molar-refractivity contribution in [2.75, 3.05) is 24.6 Å². The van der Waals surface area contributed by atoms with Crippen molar-refractivity contribution in [3.8, 4) is 5.69 Å². The Morgan fingerprint density at radius 2 is 1.80 bits per heavy atom. The second kappa shape index (κ2) is 7.94. The number of anilines is 1. The molecule has 0 bridgehead atoms. The largest absolute Gasteiger partial charge is 0.462 e. The first-order valence-electron chi connectivity index (χ1n) is 9.87. The molecule has 3 aromatic heterocycles. The topological polar surface area (TPSA) is 94.6 Å². The Hall–Kier alpha value is -3.75. The molecule has 0 aliphatic rings. The van der Waals surface area contributed by atoms with Crippen LogP contribution in [-0.2, 0) is 4.74 Å². The lowest BCUT2D eigenvalue weighted by atomic mass is 10.2. The van der Waals surface area contributed by atoms with E-state index >= 15 is 0 Å². The van der Waals surface area contributed by atoms with Crippen LogP contribution in [0.15, 0.2) is 47.5 Å². The number of hydrogen-bond donors (Lipinski definition) is 0. The van der Waals surface area contributed by atoms with Gasteiger partial charge in [-0.05, 0) is 51.1 Å². The number of ether oxygens (including phenoxy) is 1. The third kappa shape index (κ3) is 3.18. The van der Waals surface area contributed by atoms with Crippen molar-refractivity contribution in [3.63, 3.8) is 0 Å². The van der Waals surface area contributed by atoms with Crippen LogP contribution in [0, 0.1) is 0 Å². The van der Waals surface area contributed by atoms with Crippen LogP contribution in [0.5, 0.6) is 0 Å². The summed E-state index contributed by atoms with van der Waals surface area (Å²) < 4.78 is 7.97. The molecule has 4 aromatic rings. The second-order valence-electron chi connectivity index (χ2n) is 6.63. The van der Waals surface area contributed by atoms with Crippen LogP contribution in [0.25, 0.3) is 22.4 Å². The van der Waals surface area contributed by atoms with E-state index in [-0.39, 0.29) is 28.9 Å². The van der Waals surface area contributed by atoms with Crippen molar-refractivity contribution in [2.24, 2.45) is 0 Å². The molecule has 9 heteroatoms.